The summed E-state index contributed by atoms with van der Waals surface area (Å²) in [6.07, 6.45) is 0.253. The molecule has 0 aliphatic carbocycles. The number of ether oxygens (including phenoxy) is 1. The second kappa shape index (κ2) is 7.89. The van der Waals surface area contributed by atoms with Crippen LogP contribution in [0.4, 0.5) is 0 Å². The van der Waals surface area contributed by atoms with E-state index in [1.54, 1.807) is 18.2 Å². The smallest absolute Gasteiger partial charge is 0.255 e. The summed E-state index contributed by atoms with van der Waals surface area (Å²) in [6, 6.07) is 5.26. The lowest BCUT2D eigenvalue weighted by Crippen LogP contribution is -2.34. The van der Waals surface area contributed by atoms with Crippen molar-refractivity contribution in [2.75, 3.05) is 13.7 Å². The Morgan fingerprint density at radius 3 is 2.65 bits per heavy atom. The molecule has 0 unspecified atom stereocenters. The van der Waals surface area contributed by atoms with E-state index in [0.29, 0.717) is 11.3 Å². The number of methoxy groups -OCH3 is 1. The molecular formula is C14H19BrN2O3. The van der Waals surface area contributed by atoms with Gasteiger partial charge in [0, 0.05) is 23.5 Å². The molecule has 0 atom stereocenters. The van der Waals surface area contributed by atoms with Crippen LogP contribution in [0.15, 0.2) is 22.7 Å². The van der Waals surface area contributed by atoms with Gasteiger partial charge in [-0.25, -0.2) is 0 Å². The quantitative estimate of drug-likeness (QED) is 0.831. The van der Waals surface area contributed by atoms with Gasteiger partial charge in [-0.15, -0.1) is 0 Å². The third-order valence-corrected chi connectivity index (χ3v) is 2.99. The van der Waals surface area contributed by atoms with Crippen LogP contribution in [-0.2, 0) is 4.79 Å². The van der Waals surface area contributed by atoms with Gasteiger partial charge >= 0.3 is 0 Å². The van der Waals surface area contributed by atoms with Crippen LogP contribution in [0.1, 0.15) is 30.6 Å². The molecule has 2 N–H and O–H groups in total. The number of hydrogen-bond acceptors (Lipinski definition) is 3. The van der Waals surface area contributed by atoms with E-state index in [9.17, 15) is 9.59 Å². The van der Waals surface area contributed by atoms with Crippen molar-refractivity contribution >= 4 is 27.7 Å². The number of carbonyl (C=O) groups is 2. The van der Waals surface area contributed by atoms with Crippen LogP contribution in [-0.4, -0.2) is 31.5 Å². The zero-order chi connectivity index (χ0) is 15.1. The number of hydrogen-bond donors (Lipinski definition) is 2. The highest BCUT2D eigenvalue weighted by atomic mass is 79.9. The maximum atomic E-state index is 12.0. The van der Waals surface area contributed by atoms with E-state index in [-0.39, 0.29) is 30.8 Å². The maximum Gasteiger partial charge on any atom is 0.255 e. The molecule has 0 spiro atoms. The number of benzene rings is 1. The normalized spacial score (nSPS) is 10.2. The van der Waals surface area contributed by atoms with Crippen molar-refractivity contribution in [2.24, 2.45) is 0 Å². The van der Waals surface area contributed by atoms with E-state index in [1.165, 1.54) is 7.11 Å². The van der Waals surface area contributed by atoms with Crippen LogP contribution >= 0.6 is 15.9 Å². The Labute approximate surface area is 127 Å². The summed E-state index contributed by atoms with van der Waals surface area (Å²) in [6.45, 7) is 4.07. The SMILES string of the molecule is COc1cc(Br)ccc1C(=O)NCCC(=O)NC(C)C. The third-order valence-electron chi connectivity index (χ3n) is 2.50. The van der Waals surface area contributed by atoms with Crippen molar-refractivity contribution in [3.05, 3.63) is 28.2 Å². The van der Waals surface area contributed by atoms with Gasteiger partial charge in [-0.1, -0.05) is 15.9 Å². The molecule has 0 saturated carbocycles. The standard InChI is InChI=1S/C14H19BrN2O3/c1-9(2)17-13(18)6-7-16-14(19)11-5-4-10(15)8-12(11)20-3/h4-5,8-9H,6-7H2,1-3H3,(H,16,19)(H,17,18). The number of halogens is 1. The van der Waals surface area contributed by atoms with E-state index < -0.39 is 0 Å². The molecule has 2 amide bonds. The minimum absolute atomic E-state index is 0.0805. The molecule has 0 bridgehead atoms. The molecule has 0 aliphatic rings. The lowest BCUT2D eigenvalue weighted by Gasteiger charge is -2.11. The molecule has 1 rings (SSSR count). The average molecular weight is 343 g/mol. The highest BCUT2D eigenvalue weighted by Crippen LogP contribution is 2.23. The molecule has 0 aliphatic heterocycles. The van der Waals surface area contributed by atoms with Crippen LogP contribution in [0.2, 0.25) is 0 Å². The Bertz CT molecular complexity index is 489. The van der Waals surface area contributed by atoms with Gasteiger partial charge in [-0.3, -0.25) is 9.59 Å². The molecule has 0 radical (unpaired) electrons. The zero-order valence-corrected chi connectivity index (χ0v) is 13.4. The second-order valence-corrected chi connectivity index (χ2v) is 5.49. The van der Waals surface area contributed by atoms with Crippen molar-refractivity contribution in [1.82, 2.24) is 10.6 Å². The van der Waals surface area contributed by atoms with E-state index in [1.807, 2.05) is 13.8 Å². The first-order valence-electron chi connectivity index (χ1n) is 6.35. The fourth-order valence-electron chi connectivity index (χ4n) is 1.63. The first-order valence-corrected chi connectivity index (χ1v) is 7.14. The molecule has 0 fully saturated rings. The van der Waals surface area contributed by atoms with Gasteiger partial charge in [0.1, 0.15) is 5.75 Å². The number of carbonyl (C=O) groups excluding carboxylic acids is 2. The van der Waals surface area contributed by atoms with Crippen molar-refractivity contribution in [1.29, 1.82) is 0 Å². The Kier molecular flexibility index (Phi) is 6.51. The molecule has 0 saturated heterocycles. The van der Waals surface area contributed by atoms with Gasteiger partial charge in [0.2, 0.25) is 5.91 Å². The van der Waals surface area contributed by atoms with Crippen molar-refractivity contribution < 1.29 is 14.3 Å². The predicted octanol–water partition coefficient (Wildman–Crippen LogP) is 2.10. The minimum Gasteiger partial charge on any atom is -0.496 e. The van der Waals surface area contributed by atoms with Crippen LogP contribution in [0.25, 0.3) is 0 Å². The zero-order valence-electron chi connectivity index (χ0n) is 11.8. The van der Waals surface area contributed by atoms with Gasteiger partial charge in [-0.2, -0.15) is 0 Å². The lowest BCUT2D eigenvalue weighted by molar-refractivity contribution is -0.121. The number of rotatable bonds is 6. The molecule has 0 heterocycles. The van der Waals surface area contributed by atoms with Crippen LogP contribution in [0, 0.1) is 0 Å². The highest BCUT2D eigenvalue weighted by molar-refractivity contribution is 9.10. The third kappa shape index (κ3) is 5.21. The van der Waals surface area contributed by atoms with Crippen molar-refractivity contribution in [3.8, 4) is 5.75 Å². The highest BCUT2D eigenvalue weighted by Gasteiger charge is 2.12. The van der Waals surface area contributed by atoms with Crippen LogP contribution < -0.4 is 15.4 Å². The largest absolute Gasteiger partial charge is 0.496 e. The van der Waals surface area contributed by atoms with E-state index in [2.05, 4.69) is 26.6 Å². The van der Waals surface area contributed by atoms with Gasteiger partial charge in [0.05, 0.1) is 12.7 Å². The fourth-order valence-corrected chi connectivity index (χ4v) is 1.97. The molecule has 110 valence electrons. The van der Waals surface area contributed by atoms with Gasteiger partial charge in [0.15, 0.2) is 0 Å². The average Bonchev–Trinajstić information content (AvgIpc) is 2.37. The molecule has 0 aromatic heterocycles. The summed E-state index contributed by atoms with van der Waals surface area (Å²) in [7, 11) is 1.51. The summed E-state index contributed by atoms with van der Waals surface area (Å²) in [5.41, 5.74) is 0.444. The monoisotopic (exact) mass is 342 g/mol. The minimum atomic E-state index is -0.258. The van der Waals surface area contributed by atoms with Crippen LogP contribution in [0.5, 0.6) is 5.75 Å². The van der Waals surface area contributed by atoms with E-state index in [4.69, 9.17) is 4.74 Å². The maximum absolute atomic E-state index is 12.0. The molecule has 1 aromatic rings. The molecular weight excluding hydrogens is 324 g/mol. The first-order chi connectivity index (χ1) is 9.43. The topological polar surface area (TPSA) is 67.4 Å². The van der Waals surface area contributed by atoms with Gasteiger partial charge in [-0.05, 0) is 32.0 Å². The molecule has 20 heavy (non-hydrogen) atoms. The lowest BCUT2D eigenvalue weighted by atomic mass is 10.2. The first kappa shape index (κ1) is 16.5. The Hall–Kier alpha value is -1.56. The molecule has 6 heteroatoms. The van der Waals surface area contributed by atoms with E-state index >= 15 is 0 Å². The Morgan fingerprint density at radius 1 is 1.35 bits per heavy atom. The van der Waals surface area contributed by atoms with Crippen molar-refractivity contribution in [2.45, 2.75) is 26.3 Å². The van der Waals surface area contributed by atoms with Crippen molar-refractivity contribution in [3.63, 3.8) is 0 Å². The van der Waals surface area contributed by atoms with Gasteiger partial charge < -0.3 is 15.4 Å². The fraction of sp³-hybridized carbons (Fsp3) is 0.429. The summed E-state index contributed by atoms with van der Waals surface area (Å²) in [4.78, 5) is 23.4. The predicted molar refractivity (Wildman–Crippen MR) is 80.9 cm³/mol. The Balaban J connectivity index is 2.53. The Morgan fingerprint density at radius 2 is 2.05 bits per heavy atom. The van der Waals surface area contributed by atoms with Gasteiger partial charge in [0.25, 0.3) is 5.91 Å². The number of nitrogens with one attached hydrogen (secondary N) is 2. The molecule has 5 nitrogen and oxygen atoms in total. The summed E-state index contributed by atoms with van der Waals surface area (Å²) >= 11 is 3.32. The summed E-state index contributed by atoms with van der Waals surface area (Å²) in [5, 5.41) is 5.47. The molecule has 1 aromatic carbocycles. The number of amides is 2. The van der Waals surface area contributed by atoms with E-state index in [0.717, 1.165) is 4.47 Å². The summed E-state index contributed by atoms with van der Waals surface area (Å²) < 4.78 is 5.99. The van der Waals surface area contributed by atoms with Crippen LogP contribution in [0.3, 0.4) is 0 Å². The second-order valence-electron chi connectivity index (χ2n) is 4.57. The summed E-state index contributed by atoms with van der Waals surface area (Å²) in [5.74, 6) is 0.151.